The number of nitrogens with one attached hydrogen (secondary N) is 2. The van der Waals surface area contributed by atoms with Gasteiger partial charge >= 0.3 is 6.18 Å². The highest BCUT2D eigenvalue weighted by molar-refractivity contribution is 5.81. The normalized spacial score (nSPS) is 19.2. The van der Waals surface area contributed by atoms with Crippen LogP contribution in [-0.2, 0) is 24.3 Å². The number of nitrogens with zero attached hydrogens (tertiary/aromatic N) is 3. The van der Waals surface area contributed by atoms with Crippen molar-refractivity contribution in [1.29, 1.82) is 0 Å². The molecule has 2 heterocycles. The van der Waals surface area contributed by atoms with Gasteiger partial charge in [0.2, 0.25) is 5.91 Å². The molecule has 2 N–H and O–H groups in total. The molecular weight excluding hydrogens is 323 g/mol. The molecule has 0 saturated carbocycles. The van der Waals surface area contributed by atoms with Gasteiger partial charge in [-0.3, -0.25) is 10.1 Å². The fraction of sp³-hybridized carbons (Fsp3) is 0.800. The van der Waals surface area contributed by atoms with Crippen LogP contribution >= 0.6 is 0 Å². The molecule has 0 saturated heterocycles. The van der Waals surface area contributed by atoms with Crippen molar-refractivity contribution in [3.05, 3.63) is 11.6 Å². The van der Waals surface area contributed by atoms with E-state index >= 15 is 0 Å². The molecule has 24 heavy (non-hydrogen) atoms. The van der Waals surface area contributed by atoms with Crippen LogP contribution in [0.25, 0.3) is 0 Å². The zero-order chi connectivity index (χ0) is 17.9. The molecule has 1 amide bonds. The molecule has 1 aliphatic rings. The van der Waals surface area contributed by atoms with Crippen molar-refractivity contribution in [3.8, 4) is 0 Å². The van der Waals surface area contributed by atoms with Gasteiger partial charge in [0.25, 0.3) is 0 Å². The first-order valence-corrected chi connectivity index (χ1v) is 8.17. The molecule has 1 aromatic rings. The van der Waals surface area contributed by atoms with Crippen LogP contribution in [0.15, 0.2) is 0 Å². The third-order valence-corrected chi connectivity index (χ3v) is 4.13. The Labute approximate surface area is 139 Å². The van der Waals surface area contributed by atoms with Gasteiger partial charge in [-0.05, 0) is 19.3 Å². The van der Waals surface area contributed by atoms with Crippen LogP contribution in [0.3, 0.4) is 0 Å². The summed E-state index contributed by atoms with van der Waals surface area (Å²) >= 11 is 0. The van der Waals surface area contributed by atoms with Gasteiger partial charge in [-0.1, -0.05) is 13.8 Å². The summed E-state index contributed by atoms with van der Waals surface area (Å²) in [7, 11) is 0. The van der Waals surface area contributed by atoms with E-state index in [1.165, 1.54) is 4.57 Å². The minimum Gasteiger partial charge on any atom is -0.354 e. The van der Waals surface area contributed by atoms with Crippen molar-refractivity contribution in [1.82, 2.24) is 25.4 Å². The molecule has 0 spiro atoms. The Morgan fingerprint density at radius 3 is 2.67 bits per heavy atom. The van der Waals surface area contributed by atoms with Crippen molar-refractivity contribution < 1.29 is 18.0 Å². The molecule has 1 aliphatic heterocycles. The molecule has 2 unspecified atom stereocenters. The summed E-state index contributed by atoms with van der Waals surface area (Å²) in [6, 6.07) is -0.460. The van der Waals surface area contributed by atoms with Gasteiger partial charge in [0.15, 0.2) is 0 Å². The molecule has 1 aromatic heterocycles. The molecule has 136 valence electrons. The van der Waals surface area contributed by atoms with Gasteiger partial charge in [0, 0.05) is 19.5 Å². The monoisotopic (exact) mass is 347 g/mol. The van der Waals surface area contributed by atoms with Crippen molar-refractivity contribution in [2.75, 3.05) is 6.54 Å². The van der Waals surface area contributed by atoms with E-state index in [4.69, 9.17) is 0 Å². The van der Waals surface area contributed by atoms with Gasteiger partial charge in [-0.25, -0.2) is 0 Å². The number of aromatic nitrogens is 3. The number of hydrogen-bond acceptors (Lipinski definition) is 4. The van der Waals surface area contributed by atoms with E-state index < -0.39 is 18.1 Å². The van der Waals surface area contributed by atoms with Gasteiger partial charge in [0.05, 0.1) is 18.5 Å². The molecular formula is C15H24F3N5O. The summed E-state index contributed by atoms with van der Waals surface area (Å²) in [5, 5.41) is 13.7. The maximum atomic E-state index is 12.9. The number of rotatable bonds is 6. The Kier molecular flexibility index (Phi) is 5.84. The summed E-state index contributed by atoms with van der Waals surface area (Å²) in [6.07, 6.45) is -3.90. The predicted molar refractivity (Wildman–Crippen MR) is 82.0 cm³/mol. The van der Waals surface area contributed by atoms with E-state index in [0.29, 0.717) is 24.1 Å². The average Bonchev–Trinajstić information content (AvgIpc) is 2.91. The summed E-state index contributed by atoms with van der Waals surface area (Å²) in [5.74, 6) is -0.155. The highest BCUT2D eigenvalue weighted by Gasteiger charge is 2.42. The van der Waals surface area contributed by atoms with Gasteiger partial charge < -0.3 is 9.88 Å². The first-order chi connectivity index (χ1) is 11.2. The van der Waals surface area contributed by atoms with Crippen molar-refractivity contribution in [2.24, 2.45) is 11.8 Å². The second-order valence-electron chi connectivity index (χ2n) is 6.66. The maximum absolute atomic E-state index is 12.9. The SMILES string of the molecule is CC(C)CNC(=O)C(C)NCc1nnc2n1CC(C(F)(F)F)CC2. The standard InChI is InChI=1S/C15H24F3N5O/c1-9(2)6-20-14(24)10(3)19-7-13-22-21-12-5-4-11(8-23(12)13)15(16,17)18/h9-11,19H,4-8H2,1-3H3,(H,20,24). The number of amides is 1. The van der Waals surface area contributed by atoms with Crippen molar-refractivity contribution >= 4 is 5.91 Å². The minimum absolute atomic E-state index is 0.0447. The smallest absolute Gasteiger partial charge is 0.354 e. The average molecular weight is 347 g/mol. The zero-order valence-electron chi connectivity index (χ0n) is 14.2. The Hall–Kier alpha value is -1.64. The fourth-order valence-corrected chi connectivity index (χ4v) is 2.58. The highest BCUT2D eigenvalue weighted by Crippen LogP contribution is 2.34. The zero-order valence-corrected chi connectivity index (χ0v) is 14.2. The summed E-state index contributed by atoms with van der Waals surface area (Å²) in [5.41, 5.74) is 0. The first-order valence-electron chi connectivity index (χ1n) is 8.17. The molecule has 2 rings (SSSR count). The highest BCUT2D eigenvalue weighted by atomic mass is 19.4. The number of alkyl halides is 3. The van der Waals surface area contributed by atoms with Crippen LogP contribution in [0.5, 0.6) is 0 Å². The lowest BCUT2D eigenvalue weighted by molar-refractivity contribution is -0.182. The van der Waals surface area contributed by atoms with Gasteiger partial charge in [-0.15, -0.1) is 10.2 Å². The largest absolute Gasteiger partial charge is 0.393 e. The quantitative estimate of drug-likeness (QED) is 0.821. The van der Waals surface area contributed by atoms with Crippen LogP contribution < -0.4 is 10.6 Å². The van der Waals surface area contributed by atoms with Gasteiger partial charge in [-0.2, -0.15) is 13.2 Å². The lowest BCUT2D eigenvalue weighted by Crippen LogP contribution is -2.43. The van der Waals surface area contributed by atoms with Crippen molar-refractivity contribution in [2.45, 2.75) is 58.9 Å². The summed E-state index contributed by atoms with van der Waals surface area (Å²) in [6.45, 7) is 6.33. The first kappa shape index (κ1) is 18.7. The molecule has 0 aliphatic carbocycles. The third kappa shape index (κ3) is 4.68. The van der Waals surface area contributed by atoms with Crippen LogP contribution in [0.4, 0.5) is 13.2 Å². The molecule has 0 radical (unpaired) electrons. The van der Waals surface area contributed by atoms with Gasteiger partial charge in [0.1, 0.15) is 11.6 Å². The Balaban J connectivity index is 1.93. The molecule has 6 nitrogen and oxygen atoms in total. The van der Waals surface area contributed by atoms with Crippen molar-refractivity contribution in [3.63, 3.8) is 0 Å². The second-order valence-corrected chi connectivity index (χ2v) is 6.66. The lowest BCUT2D eigenvalue weighted by Gasteiger charge is -2.26. The number of aryl methyl sites for hydroxylation is 1. The summed E-state index contributed by atoms with van der Waals surface area (Å²) < 4.78 is 40.3. The molecule has 0 aromatic carbocycles. The van der Waals surface area contributed by atoms with Crippen LogP contribution in [0, 0.1) is 11.8 Å². The van der Waals surface area contributed by atoms with E-state index in [2.05, 4.69) is 20.8 Å². The summed E-state index contributed by atoms with van der Waals surface area (Å²) in [4.78, 5) is 11.9. The van der Waals surface area contributed by atoms with E-state index in [0.717, 1.165) is 0 Å². The maximum Gasteiger partial charge on any atom is 0.393 e. The Morgan fingerprint density at radius 1 is 1.33 bits per heavy atom. The van der Waals surface area contributed by atoms with E-state index in [1.54, 1.807) is 6.92 Å². The molecule has 2 atom stereocenters. The van der Waals surface area contributed by atoms with E-state index in [9.17, 15) is 18.0 Å². The van der Waals surface area contributed by atoms with E-state index in [1.807, 2.05) is 13.8 Å². The fourth-order valence-electron chi connectivity index (χ4n) is 2.58. The number of carbonyl (C=O) groups excluding carboxylic acids is 1. The predicted octanol–water partition coefficient (Wildman–Crippen LogP) is 1.65. The molecule has 0 bridgehead atoms. The Morgan fingerprint density at radius 2 is 2.04 bits per heavy atom. The number of halogens is 3. The minimum atomic E-state index is -4.21. The number of carbonyl (C=O) groups is 1. The van der Waals surface area contributed by atoms with Crippen LogP contribution in [-0.4, -0.2) is 39.4 Å². The number of fused-ring (bicyclic) bond motifs is 1. The third-order valence-electron chi connectivity index (χ3n) is 4.13. The van der Waals surface area contributed by atoms with E-state index in [-0.39, 0.29) is 31.8 Å². The van der Waals surface area contributed by atoms with Crippen LogP contribution in [0.1, 0.15) is 38.8 Å². The second kappa shape index (κ2) is 7.50. The molecule has 9 heteroatoms. The number of hydrogen-bond donors (Lipinski definition) is 2. The topological polar surface area (TPSA) is 71.8 Å². The lowest BCUT2D eigenvalue weighted by atomic mass is 9.99. The Bertz CT molecular complexity index is 570. The molecule has 0 fully saturated rings. The van der Waals surface area contributed by atoms with Crippen LogP contribution in [0.2, 0.25) is 0 Å².